The van der Waals surface area contributed by atoms with Crippen LogP contribution in [-0.4, -0.2) is 23.7 Å². The number of carbonyl (C=O) groups excluding carboxylic acids is 1. The molecule has 2 aromatic carbocycles. The van der Waals surface area contributed by atoms with Gasteiger partial charge in [0.15, 0.2) is 0 Å². The minimum absolute atomic E-state index is 0.172. The maximum atomic E-state index is 11.9. The Kier molecular flexibility index (Phi) is 6.37. The van der Waals surface area contributed by atoms with Crippen molar-refractivity contribution in [1.29, 1.82) is 0 Å². The Hall–Kier alpha value is -2.50. The number of nitrogens with zero attached hydrogens (tertiary/aromatic N) is 1. The fourth-order valence-electron chi connectivity index (χ4n) is 2.70. The fraction of sp³-hybridized carbons (Fsp3) is 0.200. The highest BCUT2D eigenvalue weighted by Crippen LogP contribution is 2.27. The monoisotopic (exact) mass is 403 g/mol. The molecule has 1 amide bonds. The molecule has 0 aliphatic carbocycles. The Morgan fingerprint density at radius 2 is 2.07 bits per heavy atom. The molecule has 2 N–H and O–H groups in total. The number of aryl methyl sites for hydroxylation is 1. The number of benzene rings is 2. The van der Waals surface area contributed by atoms with Gasteiger partial charge in [-0.2, -0.15) is 5.10 Å². The van der Waals surface area contributed by atoms with Crippen LogP contribution in [0.15, 0.2) is 47.6 Å². The average molecular weight is 404 g/mol. The topological polar surface area (TPSA) is 66.5 Å². The molecule has 0 saturated carbocycles. The molecule has 0 aliphatic heterocycles. The molecule has 140 valence electrons. The van der Waals surface area contributed by atoms with E-state index in [2.05, 4.69) is 15.5 Å². The summed E-state index contributed by atoms with van der Waals surface area (Å²) in [4.78, 5) is 15.2. The maximum absolute atomic E-state index is 11.9. The minimum atomic E-state index is -0.172. The number of hydrogen-bond acceptors (Lipinski definition) is 3. The Morgan fingerprint density at radius 3 is 2.89 bits per heavy atom. The van der Waals surface area contributed by atoms with Crippen LogP contribution in [0, 0.1) is 6.92 Å². The minimum Gasteiger partial charge on any atom is -0.492 e. The van der Waals surface area contributed by atoms with Crippen LogP contribution >= 0.6 is 23.2 Å². The third kappa shape index (κ3) is 5.02. The lowest BCUT2D eigenvalue weighted by Gasteiger charge is -2.07. The molecule has 7 heteroatoms. The first-order chi connectivity index (χ1) is 13.0. The standard InChI is InChI=1S/C20H19Cl2N3O2/c1-13-16(15-5-2-3-6-18(15)24-13)12-23-25-20(26)7-4-10-27-19-9-8-14(21)11-17(19)22/h2-3,5-6,8-9,11-12,24H,4,7,10H2,1H3,(H,25,26)/b23-12+. The predicted molar refractivity (Wildman–Crippen MR) is 110 cm³/mol. The molecule has 1 aromatic heterocycles. The number of amides is 1. The molecular weight excluding hydrogens is 385 g/mol. The summed E-state index contributed by atoms with van der Waals surface area (Å²) in [6, 6.07) is 13.0. The summed E-state index contributed by atoms with van der Waals surface area (Å²) in [5.74, 6) is 0.379. The first-order valence-corrected chi connectivity index (χ1v) is 9.27. The van der Waals surface area contributed by atoms with Gasteiger partial charge < -0.3 is 9.72 Å². The van der Waals surface area contributed by atoms with Crippen molar-refractivity contribution >= 4 is 46.2 Å². The van der Waals surface area contributed by atoms with Gasteiger partial charge >= 0.3 is 0 Å². The van der Waals surface area contributed by atoms with Crippen LogP contribution in [0.5, 0.6) is 5.75 Å². The summed E-state index contributed by atoms with van der Waals surface area (Å²) in [6.07, 6.45) is 2.51. The molecule has 3 rings (SSSR count). The van der Waals surface area contributed by atoms with Gasteiger partial charge in [-0.05, 0) is 37.6 Å². The van der Waals surface area contributed by atoms with Gasteiger partial charge in [0.2, 0.25) is 5.91 Å². The SMILES string of the molecule is Cc1[nH]c2ccccc2c1/C=N/NC(=O)CCCOc1ccc(Cl)cc1Cl. The number of carbonyl (C=O) groups is 1. The zero-order chi connectivity index (χ0) is 19.2. The largest absolute Gasteiger partial charge is 0.492 e. The van der Waals surface area contributed by atoms with E-state index in [1.54, 1.807) is 24.4 Å². The number of hydrogen-bond donors (Lipinski definition) is 2. The van der Waals surface area contributed by atoms with E-state index in [1.807, 2.05) is 31.2 Å². The second kappa shape index (κ2) is 8.93. The first-order valence-electron chi connectivity index (χ1n) is 8.51. The average Bonchev–Trinajstić information content (AvgIpc) is 2.96. The van der Waals surface area contributed by atoms with Crippen molar-refractivity contribution in [3.63, 3.8) is 0 Å². The number of halogens is 2. The van der Waals surface area contributed by atoms with Crippen molar-refractivity contribution in [2.75, 3.05) is 6.61 Å². The van der Waals surface area contributed by atoms with Gasteiger partial charge in [0.05, 0.1) is 17.8 Å². The summed E-state index contributed by atoms with van der Waals surface area (Å²) < 4.78 is 5.56. The van der Waals surface area contributed by atoms with E-state index in [4.69, 9.17) is 27.9 Å². The molecule has 0 unspecified atom stereocenters. The highest BCUT2D eigenvalue weighted by Gasteiger charge is 2.06. The summed E-state index contributed by atoms with van der Waals surface area (Å²) in [5.41, 5.74) is 5.56. The van der Waals surface area contributed by atoms with E-state index in [9.17, 15) is 4.79 Å². The lowest BCUT2D eigenvalue weighted by Crippen LogP contribution is -2.18. The van der Waals surface area contributed by atoms with Gasteiger partial charge in [-0.25, -0.2) is 5.43 Å². The summed E-state index contributed by atoms with van der Waals surface area (Å²) in [7, 11) is 0. The number of fused-ring (bicyclic) bond motifs is 1. The van der Waals surface area contributed by atoms with Crippen LogP contribution in [0.25, 0.3) is 10.9 Å². The summed E-state index contributed by atoms with van der Waals surface area (Å²) >= 11 is 11.9. The number of aromatic amines is 1. The van der Waals surface area contributed by atoms with Gasteiger partial charge in [0.1, 0.15) is 5.75 Å². The molecule has 0 aliphatic rings. The number of H-pyrrole nitrogens is 1. The molecule has 3 aromatic rings. The van der Waals surface area contributed by atoms with Gasteiger partial charge in [0, 0.05) is 33.6 Å². The fourth-order valence-corrected chi connectivity index (χ4v) is 3.16. The normalized spacial score (nSPS) is 11.2. The van der Waals surface area contributed by atoms with Gasteiger partial charge in [-0.1, -0.05) is 41.4 Å². The number of hydrazone groups is 1. The molecule has 27 heavy (non-hydrogen) atoms. The van der Waals surface area contributed by atoms with E-state index < -0.39 is 0 Å². The number of para-hydroxylation sites is 1. The maximum Gasteiger partial charge on any atom is 0.240 e. The summed E-state index contributed by atoms with van der Waals surface area (Å²) in [6.45, 7) is 2.35. The second-order valence-corrected chi connectivity index (χ2v) is 6.87. The molecule has 0 fully saturated rings. The second-order valence-electron chi connectivity index (χ2n) is 6.03. The lowest BCUT2D eigenvalue weighted by molar-refractivity contribution is -0.121. The van der Waals surface area contributed by atoms with Crippen LogP contribution in [-0.2, 0) is 4.79 Å². The molecule has 0 spiro atoms. The van der Waals surface area contributed by atoms with E-state index in [1.165, 1.54) is 0 Å². The van der Waals surface area contributed by atoms with Crippen LogP contribution in [0.4, 0.5) is 0 Å². The lowest BCUT2D eigenvalue weighted by atomic mass is 10.1. The molecule has 1 heterocycles. The number of nitrogens with one attached hydrogen (secondary N) is 2. The third-order valence-corrected chi connectivity index (χ3v) is 4.56. The van der Waals surface area contributed by atoms with Crippen molar-refractivity contribution in [2.24, 2.45) is 5.10 Å². The zero-order valence-electron chi connectivity index (χ0n) is 14.8. The predicted octanol–water partition coefficient (Wildman–Crippen LogP) is 5.09. The Bertz CT molecular complexity index is 983. The Balaban J connectivity index is 1.45. The van der Waals surface area contributed by atoms with Crippen molar-refractivity contribution in [2.45, 2.75) is 19.8 Å². The van der Waals surface area contributed by atoms with Crippen molar-refractivity contribution in [1.82, 2.24) is 10.4 Å². The van der Waals surface area contributed by atoms with Gasteiger partial charge in [-0.3, -0.25) is 4.79 Å². The van der Waals surface area contributed by atoms with Crippen LogP contribution < -0.4 is 10.2 Å². The van der Waals surface area contributed by atoms with E-state index in [0.29, 0.717) is 35.2 Å². The zero-order valence-corrected chi connectivity index (χ0v) is 16.3. The first kappa shape index (κ1) is 19.3. The summed E-state index contributed by atoms with van der Waals surface area (Å²) in [5, 5.41) is 6.14. The highest BCUT2D eigenvalue weighted by atomic mass is 35.5. The smallest absolute Gasteiger partial charge is 0.240 e. The Morgan fingerprint density at radius 1 is 1.26 bits per heavy atom. The van der Waals surface area contributed by atoms with Crippen molar-refractivity contribution in [3.8, 4) is 5.75 Å². The molecule has 0 atom stereocenters. The number of aromatic nitrogens is 1. The van der Waals surface area contributed by atoms with Crippen LogP contribution in [0.3, 0.4) is 0 Å². The third-order valence-electron chi connectivity index (χ3n) is 4.03. The number of rotatable bonds is 7. The van der Waals surface area contributed by atoms with Gasteiger partial charge in [-0.15, -0.1) is 0 Å². The van der Waals surface area contributed by atoms with Crippen LogP contribution in [0.1, 0.15) is 24.1 Å². The van der Waals surface area contributed by atoms with Crippen molar-refractivity contribution < 1.29 is 9.53 Å². The van der Waals surface area contributed by atoms with Crippen molar-refractivity contribution in [3.05, 3.63) is 63.8 Å². The molecule has 5 nitrogen and oxygen atoms in total. The molecule has 0 bridgehead atoms. The molecular formula is C20H19Cl2N3O2. The highest BCUT2D eigenvalue weighted by molar-refractivity contribution is 6.35. The van der Waals surface area contributed by atoms with Crippen LogP contribution in [0.2, 0.25) is 10.0 Å². The molecule has 0 saturated heterocycles. The van der Waals surface area contributed by atoms with Gasteiger partial charge in [0.25, 0.3) is 0 Å². The quantitative estimate of drug-likeness (QED) is 0.327. The number of ether oxygens (including phenoxy) is 1. The van der Waals surface area contributed by atoms with E-state index in [0.717, 1.165) is 22.2 Å². The van der Waals surface area contributed by atoms with E-state index in [-0.39, 0.29) is 5.91 Å². The van der Waals surface area contributed by atoms with E-state index >= 15 is 0 Å². The molecule has 0 radical (unpaired) electrons. The Labute approximate surface area is 167 Å².